The van der Waals surface area contributed by atoms with Crippen molar-refractivity contribution >= 4 is 23.2 Å². The molecular formula is C18H21N3O2S. The van der Waals surface area contributed by atoms with E-state index in [0.29, 0.717) is 24.3 Å². The highest BCUT2D eigenvalue weighted by Gasteiger charge is 2.34. The number of thiazole rings is 1. The number of aromatic nitrogens is 1. The lowest BCUT2D eigenvalue weighted by molar-refractivity contribution is 0.0993. The van der Waals surface area contributed by atoms with Gasteiger partial charge in [-0.05, 0) is 43.3 Å². The Bertz CT molecular complexity index is 703. The van der Waals surface area contributed by atoms with E-state index in [1.54, 1.807) is 5.51 Å². The topological polar surface area (TPSA) is 54.5 Å². The van der Waals surface area contributed by atoms with Crippen molar-refractivity contribution in [2.24, 2.45) is 11.8 Å². The summed E-state index contributed by atoms with van der Waals surface area (Å²) >= 11 is 1.51. The maximum Gasteiger partial charge on any atom is 0.412 e. The molecule has 0 spiro atoms. The molecule has 126 valence electrons. The number of ether oxygens (including phenoxy) is 1. The molecule has 2 aromatic rings. The van der Waals surface area contributed by atoms with Gasteiger partial charge in [-0.25, -0.2) is 9.78 Å². The van der Waals surface area contributed by atoms with E-state index in [1.165, 1.54) is 30.8 Å². The van der Waals surface area contributed by atoms with Crippen molar-refractivity contribution in [3.05, 3.63) is 35.8 Å². The molecule has 2 fully saturated rings. The number of anilines is 1. The molecular weight excluding hydrogens is 322 g/mol. The fourth-order valence-electron chi connectivity index (χ4n) is 3.70. The zero-order chi connectivity index (χ0) is 16.4. The Morgan fingerprint density at radius 1 is 1.29 bits per heavy atom. The summed E-state index contributed by atoms with van der Waals surface area (Å²) < 4.78 is 5.49. The van der Waals surface area contributed by atoms with E-state index in [9.17, 15) is 4.79 Å². The minimum Gasteiger partial charge on any atom is -0.449 e. The Morgan fingerprint density at radius 2 is 2.12 bits per heavy atom. The van der Waals surface area contributed by atoms with Crippen LogP contribution in [0.15, 0.2) is 35.8 Å². The van der Waals surface area contributed by atoms with Gasteiger partial charge in [0.1, 0.15) is 0 Å². The van der Waals surface area contributed by atoms with Gasteiger partial charge in [0.25, 0.3) is 0 Å². The van der Waals surface area contributed by atoms with Gasteiger partial charge in [0.05, 0.1) is 17.0 Å². The molecule has 24 heavy (non-hydrogen) atoms. The van der Waals surface area contributed by atoms with Gasteiger partial charge in [-0.3, -0.25) is 5.32 Å². The molecule has 0 aliphatic carbocycles. The van der Waals surface area contributed by atoms with E-state index in [4.69, 9.17) is 4.74 Å². The zero-order valence-electron chi connectivity index (χ0n) is 13.5. The average Bonchev–Trinajstić information content (AvgIpc) is 3.22. The maximum atomic E-state index is 12.2. The molecule has 0 saturated carbocycles. The number of nitrogens with zero attached hydrogens (tertiary/aromatic N) is 2. The van der Waals surface area contributed by atoms with Gasteiger partial charge in [0.2, 0.25) is 0 Å². The number of hydrogen-bond donors (Lipinski definition) is 1. The maximum absolute atomic E-state index is 12.2. The van der Waals surface area contributed by atoms with Gasteiger partial charge < -0.3 is 9.64 Å². The number of carbonyl (C=O) groups excluding carboxylic acids is 1. The minimum absolute atomic E-state index is 0.404. The van der Waals surface area contributed by atoms with Crippen LogP contribution in [0.2, 0.25) is 0 Å². The Balaban J connectivity index is 1.34. The number of carbonyl (C=O) groups is 1. The van der Waals surface area contributed by atoms with Gasteiger partial charge >= 0.3 is 6.09 Å². The highest BCUT2D eigenvalue weighted by Crippen LogP contribution is 2.33. The summed E-state index contributed by atoms with van der Waals surface area (Å²) in [6, 6.07) is 9.95. The minimum atomic E-state index is -0.404. The van der Waals surface area contributed by atoms with Crippen molar-refractivity contribution in [2.45, 2.75) is 12.8 Å². The first-order valence-electron chi connectivity index (χ1n) is 8.44. The third-order valence-corrected chi connectivity index (χ3v) is 5.92. The number of benzene rings is 1. The molecule has 2 aliphatic heterocycles. The van der Waals surface area contributed by atoms with Gasteiger partial charge in [-0.15, -0.1) is 11.3 Å². The second-order valence-electron chi connectivity index (χ2n) is 6.52. The monoisotopic (exact) mass is 343 g/mol. The van der Waals surface area contributed by atoms with Crippen molar-refractivity contribution < 1.29 is 9.53 Å². The largest absolute Gasteiger partial charge is 0.449 e. The van der Waals surface area contributed by atoms with Crippen molar-refractivity contribution in [1.82, 2.24) is 9.88 Å². The Labute approximate surface area is 145 Å². The molecule has 2 aliphatic rings. The number of amides is 1. The zero-order valence-corrected chi connectivity index (χ0v) is 14.3. The molecule has 3 heterocycles. The van der Waals surface area contributed by atoms with Crippen molar-refractivity contribution in [3.8, 4) is 10.4 Å². The Morgan fingerprint density at radius 3 is 3.00 bits per heavy atom. The first-order chi connectivity index (χ1) is 11.8. The summed E-state index contributed by atoms with van der Waals surface area (Å²) in [4.78, 5) is 19.9. The summed E-state index contributed by atoms with van der Waals surface area (Å²) in [6.07, 6.45) is 1.96. The lowest BCUT2D eigenvalue weighted by atomic mass is 9.88. The summed E-state index contributed by atoms with van der Waals surface area (Å²) in [5.41, 5.74) is 2.79. The third kappa shape index (κ3) is 3.30. The van der Waals surface area contributed by atoms with Crippen LogP contribution in [0.3, 0.4) is 0 Å². The smallest absolute Gasteiger partial charge is 0.412 e. The van der Waals surface area contributed by atoms with E-state index < -0.39 is 6.09 Å². The van der Waals surface area contributed by atoms with E-state index in [2.05, 4.69) is 15.2 Å². The van der Waals surface area contributed by atoms with Crippen LogP contribution in [0.1, 0.15) is 12.8 Å². The van der Waals surface area contributed by atoms with Gasteiger partial charge in [-0.1, -0.05) is 30.3 Å². The molecule has 2 saturated heterocycles. The molecule has 1 amide bonds. The summed E-state index contributed by atoms with van der Waals surface area (Å²) in [6.45, 7) is 4.01. The van der Waals surface area contributed by atoms with E-state index in [-0.39, 0.29) is 0 Å². The first-order valence-corrected chi connectivity index (χ1v) is 9.32. The molecule has 3 unspecified atom stereocenters. The normalized spacial score (nSPS) is 25.4. The van der Waals surface area contributed by atoms with Crippen LogP contribution < -0.4 is 5.32 Å². The molecule has 1 aromatic heterocycles. The molecule has 1 N–H and O–H groups in total. The standard InChI is InChI=1S/C18H21N3O2S/c22-18(23-11-15-7-9-21-8-6-14(15)10-21)20-17-16(24-12-19-17)13-4-2-1-3-5-13/h1-5,12,14-15H,6-11H2,(H,20,22). The van der Waals surface area contributed by atoms with Crippen LogP contribution >= 0.6 is 11.3 Å². The second kappa shape index (κ2) is 6.91. The number of fused-ring (bicyclic) bond motifs is 2. The van der Waals surface area contributed by atoms with E-state index >= 15 is 0 Å². The molecule has 2 bridgehead atoms. The predicted molar refractivity (Wildman–Crippen MR) is 95.2 cm³/mol. The van der Waals surface area contributed by atoms with Gasteiger partial charge in [-0.2, -0.15) is 0 Å². The average molecular weight is 343 g/mol. The first kappa shape index (κ1) is 15.6. The third-order valence-electron chi connectivity index (χ3n) is 5.04. The number of rotatable bonds is 4. The Kier molecular flexibility index (Phi) is 4.49. The lowest BCUT2D eigenvalue weighted by Gasteiger charge is -2.29. The fraction of sp³-hybridized carbons (Fsp3) is 0.444. The van der Waals surface area contributed by atoms with Crippen molar-refractivity contribution in [3.63, 3.8) is 0 Å². The van der Waals surface area contributed by atoms with Crippen LogP contribution in [0, 0.1) is 11.8 Å². The van der Waals surface area contributed by atoms with Gasteiger partial charge in [0, 0.05) is 6.54 Å². The predicted octanol–water partition coefficient (Wildman–Crippen LogP) is 3.70. The summed E-state index contributed by atoms with van der Waals surface area (Å²) in [5, 5.41) is 2.80. The second-order valence-corrected chi connectivity index (χ2v) is 7.37. The number of piperidine rings is 1. The van der Waals surface area contributed by atoms with E-state index in [0.717, 1.165) is 23.4 Å². The van der Waals surface area contributed by atoms with Crippen LogP contribution in [-0.4, -0.2) is 42.2 Å². The quantitative estimate of drug-likeness (QED) is 0.920. The molecule has 0 radical (unpaired) electrons. The van der Waals surface area contributed by atoms with Crippen LogP contribution in [0.25, 0.3) is 10.4 Å². The molecule has 1 aromatic carbocycles. The summed E-state index contributed by atoms with van der Waals surface area (Å²) in [7, 11) is 0. The lowest BCUT2D eigenvalue weighted by Crippen LogP contribution is -2.34. The highest BCUT2D eigenvalue weighted by atomic mass is 32.1. The molecule has 5 nitrogen and oxygen atoms in total. The van der Waals surface area contributed by atoms with Crippen molar-refractivity contribution in [1.29, 1.82) is 0 Å². The van der Waals surface area contributed by atoms with Crippen LogP contribution in [0.5, 0.6) is 0 Å². The fourth-order valence-corrected chi connectivity index (χ4v) is 4.45. The number of nitrogens with one attached hydrogen (secondary N) is 1. The number of hydrogen-bond acceptors (Lipinski definition) is 5. The van der Waals surface area contributed by atoms with Crippen LogP contribution in [-0.2, 0) is 4.74 Å². The molecule has 3 atom stereocenters. The van der Waals surface area contributed by atoms with Gasteiger partial charge in [0.15, 0.2) is 5.82 Å². The SMILES string of the molecule is O=C(Nc1ncsc1-c1ccccc1)OCC1CCN2CCC1C2. The highest BCUT2D eigenvalue weighted by molar-refractivity contribution is 7.13. The molecule has 4 rings (SSSR count). The van der Waals surface area contributed by atoms with Crippen LogP contribution in [0.4, 0.5) is 10.6 Å². The van der Waals surface area contributed by atoms with Crippen molar-refractivity contribution in [2.75, 3.05) is 31.6 Å². The molecule has 6 heteroatoms. The Hall–Kier alpha value is -1.92. The van der Waals surface area contributed by atoms with E-state index in [1.807, 2.05) is 30.3 Å². The summed E-state index contributed by atoms with van der Waals surface area (Å²) in [5.74, 6) is 1.76.